The lowest BCUT2D eigenvalue weighted by Crippen LogP contribution is -2.14. The van der Waals surface area contributed by atoms with E-state index in [1.165, 1.54) is 0 Å². The number of thiocarbonyl (C=S) groups is 2. The molecule has 0 aliphatic rings. The minimum Gasteiger partial charge on any atom is -0.389 e. The third-order valence-corrected chi connectivity index (χ3v) is 1.00. The Morgan fingerprint density at radius 2 is 1.67 bits per heavy atom. The van der Waals surface area contributed by atoms with Crippen molar-refractivity contribution in [3.05, 3.63) is 0 Å². The zero-order valence-corrected chi connectivity index (χ0v) is 5.03. The molecule has 0 spiro atoms. The quantitative estimate of drug-likeness (QED) is 0.514. The van der Waals surface area contributed by atoms with Crippen molar-refractivity contribution in [2.24, 2.45) is 5.73 Å². The molecule has 6 heavy (non-hydrogen) atoms. The van der Waals surface area contributed by atoms with Crippen LogP contribution in [0.2, 0.25) is 0 Å². The van der Waals surface area contributed by atoms with Crippen LogP contribution in [0.5, 0.6) is 0 Å². The molecule has 1 nitrogen and oxygen atoms in total. The summed E-state index contributed by atoms with van der Waals surface area (Å²) < 4.78 is 0. The van der Waals surface area contributed by atoms with Crippen molar-refractivity contribution in [1.29, 1.82) is 0 Å². The first-order chi connectivity index (χ1) is 2.64. The maximum atomic E-state index is 5.03. The molecule has 0 saturated heterocycles. The topological polar surface area (TPSA) is 26.0 Å². The Labute approximate surface area is 47.5 Å². The Morgan fingerprint density at radius 3 is 1.67 bits per heavy atom. The third kappa shape index (κ3) is 2.23. The Morgan fingerprint density at radius 1 is 1.50 bits per heavy atom. The molecule has 0 amide bonds. The number of rotatable bonds is 1. The smallest absolute Gasteiger partial charge is 0.110 e. The first-order valence-electron chi connectivity index (χ1n) is 1.45. The first-order valence-corrected chi connectivity index (χ1v) is 2.26. The van der Waals surface area contributed by atoms with E-state index in [-0.39, 0.29) is 0 Å². The highest BCUT2D eigenvalue weighted by Crippen LogP contribution is 1.71. The molecular weight excluding hydrogens is 114 g/mol. The zero-order valence-electron chi connectivity index (χ0n) is 3.39. The van der Waals surface area contributed by atoms with E-state index >= 15 is 0 Å². The fraction of sp³-hybridized carbons (Fsp3) is 0.333. The third-order valence-electron chi connectivity index (χ3n) is 0.347. The van der Waals surface area contributed by atoms with Crippen molar-refractivity contribution in [1.82, 2.24) is 0 Å². The second kappa shape index (κ2) is 2.21. The summed E-state index contributed by atoms with van der Waals surface area (Å²) in [6.45, 7) is 1.71. The fourth-order valence-electron chi connectivity index (χ4n) is 0. The summed E-state index contributed by atoms with van der Waals surface area (Å²) >= 11 is 9.01. The van der Waals surface area contributed by atoms with Crippen molar-refractivity contribution >= 4 is 34.3 Å². The minimum absolute atomic E-state index is 0.324. The van der Waals surface area contributed by atoms with Gasteiger partial charge in [0.05, 0.1) is 0 Å². The molecule has 0 aromatic heterocycles. The van der Waals surface area contributed by atoms with Gasteiger partial charge in [-0.25, -0.2) is 0 Å². The van der Waals surface area contributed by atoms with Gasteiger partial charge >= 0.3 is 0 Å². The first kappa shape index (κ1) is 5.98. The molecule has 0 bridgehead atoms. The van der Waals surface area contributed by atoms with Crippen LogP contribution in [0.15, 0.2) is 0 Å². The summed E-state index contributed by atoms with van der Waals surface area (Å²) in [5.74, 6) is 0. The Balaban J connectivity index is 3.57. The van der Waals surface area contributed by atoms with Gasteiger partial charge in [0.25, 0.3) is 0 Å². The van der Waals surface area contributed by atoms with Gasteiger partial charge in [0.2, 0.25) is 0 Å². The lowest BCUT2D eigenvalue weighted by atomic mass is 10.5. The molecule has 0 aliphatic heterocycles. The summed E-state index contributed by atoms with van der Waals surface area (Å²) in [4.78, 5) is 0.926. The maximum Gasteiger partial charge on any atom is 0.110 e. The molecule has 0 heterocycles. The molecule has 0 aromatic rings. The summed E-state index contributed by atoms with van der Waals surface area (Å²) in [5.41, 5.74) is 5.03. The largest absolute Gasteiger partial charge is 0.389 e. The fourth-order valence-corrected chi connectivity index (χ4v) is 0. The van der Waals surface area contributed by atoms with Crippen LogP contribution in [-0.2, 0) is 0 Å². The second-order valence-electron chi connectivity index (χ2n) is 0.920. The van der Waals surface area contributed by atoms with Crippen LogP contribution in [0.1, 0.15) is 6.92 Å². The second-order valence-corrected chi connectivity index (χ2v) is 1.97. The van der Waals surface area contributed by atoms with E-state index in [4.69, 9.17) is 5.73 Å². The predicted molar refractivity (Wildman–Crippen MR) is 35.1 cm³/mol. The summed E-state index contributed by atoms with van der Waals surface area (Å²) in [7, 11) is 0. The average Bonchev–Trinajstić information content (AvgIpc) is 1.36. The van der Waals surface area contributed by atoms with Crippen LogP contribution < -0.4 is 5.73 Å². The zero-order chi connectivity index (χ0) is 5.15. The summed E-state index contributed by atoms with van der Waals surface area (Å²) in [6.07, 6.45) is 0. The van der Waals surface area contributed by atoms with E-state index in [1.807, 2.05) is 0 Å². The lowest BCUT2D eigenvalue weighted by Gasteiger charge is -1.83. The van der Waals surface area contributed by atoms with E-state index < -0.39 is 0 Å². The molecular formula is C3H5NS2. The molecule has 3 heteroatoms. The standard InChI is InChI=1S/C3H5NS2/c1-2(5)3(4)6/h1H3,(H2,4,6). The van der Waals surface area contributed by atoms with Crippen LogP contribution in [-0.4, -0.2) is 9.85 Å². The van der Waals surface area contributed by atoms with E-state index in [9.17, 15) is 0 Å². The lowest BCUT2D eigenvalue weighted by molar-refractivity contribution is 1.85. The van der Waals surface area contributed by atoms with Gasteiger partial charge in [-0.2, -0.15) is 0 Å². The van der Waals surface area contributed by atoms with Crippen molar-refractivity contribution in [3.8, 4) is 0 Å². The highest BCUT2D eigenvalue weighted by molar-refractivity contribution is 7.89. The highest BCUT2D eigenvalue weighted by atomic mass is 32.1. The summed E-state index contributed by atoms with van der Waals surface area (Å²) in [5, 5.41) is 0. The van der Waals surface area contributed by atoms with Crippen LogP contribution in [0, 0.1) is 0 Å². The maximum absolute atomic E-state index is 5.03. The van der Waals surface area contributed by atoms with Gasteiger partial charge in [-0.1, -0.05) is 24.4 Å². The SMILES string of the molecule is CC(=S)C(N)=S. The van der Waals surface area contributed by atoms with Crippen LogP contribution >= 0.6 is 24.4 Å². The van der Waals surface area contributed by atoms with Crippen LogP contribution in [0.25, 0.3) is 0 Å². The van der Waals surface area contributed by atoms with Gasteiger partial charge in [0.1, 0.15) is 4.99 Å². The summed E-state index contributed by atoms with van der Waals surface area (Å²) in [6, 6.07) is 0. The van der Waals surface area contributed by atoms with Crippen molar-refractivity contribution < 1.29 is 0 Å². The molecule has 0 atom stereocenters. The predicted octanol–water partition coefficient (Wildman–Crippen LogP) is 0.662. The minimum atomic E-state index is 0.324. The molecule has 2 N–H and O–H groups in total. The Bertz CT molecular complexity index is 74.8. The molecule has 0 rings (SSSR count). The van der Waals surface area contributed by atoms with E-state index in [0.29, 0.717) is 9.85 Å². The van der Waals surface area contributed by atoms with Gasteiger partial charge in [0, 0.05) is 4.86 Å². The van der Waals surface area contributed by atoms with Crippen molar-refractivity contribution in [2.45, 2.75) is 6.92 Å². The van der Waals surface area contributed by atoms with Crippen LogP contribution in [0.3, 0.4) is 0 Å². The molecule has 34 valence electrons. The Kier molecular flexibility index (Phi) is 2.20. The normalized spacial score (nSPS) is 7.50. The van der Waals surface area contributed by atoms with E-state index in [0.717, 1.165) is 0 Å². The van der Waals surface area contributed by atoms with Gasteiger partial charge in [-0.3, -0.25) is 0 Å². The molecule has 0 aliphatic carbocycles. The van der Waals surface area contributed by atoms with Gasteiger partial charge in [0.15, 0.2) is 0 Å². The molecule has 0 radical (unpaired) electrons. The van der Waals surface area contributed by atoms with Crippen molar-refractivity contribution in [2.75, 3.05) is 0 Å². The number of nitrogens with two attached hydrogens (primary N) is 1. The van der Waals surface area contributed by atoms with Gasteiger partial charge in [-0.05, 0) is 6.92 Å². The van der Waals surface area contributed by atoms with Gasteiger partial charge in [-0.15, -0.1) is 0 Å². The highest BCUT2D eigenvalue weighted by Gasteiger charge is 1.84. The number of hydrogen-bond donors (Lipinski definition) is 1. The average molecular weight is 119 g/mol. The molecule has 0 saturated carbocycles. The van der Waals surface area contributed by atoms with Crippen molar-refractivity contribution in [3.63, 3.8) is 0 Å². The molecule has 0 aromatic carbocycles. The monoisotopic (exact) mass is 119 g/mol. The van der Waals surface area contributed by atoms with Crippen LogP contribution in [0.4, 0.5) is 0 Å². The van der Waals surface area contributed by atoms with Gasteiger partial charge < -0.3 is 5.73 Å². The molecule has 0 fully saturated rings. The number of hydrogen-bond acceptors (Lipinski definition) is 2. The van der Waals surface area contributed by atoms with E-state index in [1.54, 1.807) is 6.92 Å². The Hall–Kier alpha value is -0.0200. The van der Waals surface area contributed by atoms with E-state index in [2.05, 4.69) is 24.4 Å². The molecule has 0 unspecified atom stereocenters.